The number of carbonyl (C=O) groups excluding carboxylic acids is 1. The number of piperazine rings is 1. The van der Waals surface area contributed by atoms with Crippen LogP contribution in [0.4, 0.5) is 0 Å². The second kappa shape index (κ2) is 7.21. The first-order valence-electron chi connectivity index (χ1n) is 6.72. The van der Waals surface area contributed by atoms with Crippen molar-refractivity contribution in [3.63, 3.8) is 0 Å². The minimum absolute atomic E-state index is 0. The molecule has 1 amide bonds. The molecular formula is C11H23ClN4O4S. The lowest BCUT2D eigenvalue weighted by atomic mass is 9.90. The molecule has 0 saturated carbocycles. The van der Waals surface area contributed by atoms with E-state index in [1.807, 2.05) is 0 Å². The van der Waals surface area contributed by atoms with E-state index >= 15 is 0 Å². The van der Waals surface area contributed by atoms with Crippen LogP contribution >= 0.6 is 12.4 Å². The van der Waals surface area contributed by atoms with Crippen LogP contribution in [0.3, 0.4) is 0 Å². The van der Waals surface area contributed by atoms with Gasteiger partial charge in [-0.05, 0) is 25.9 Å². The number of methoxy groups -OCH3 is 1. The summed E-state index contributed by atoms with van der Waals surface area (Å²) in [5.41, 5.74) is -0.769. The largest absolute Gasteiger partial charge is 0.368 e. The number of halogens is 1. The van der Waals surface area contributed by atoms with Gasteiger partial charge in [0.15, 0.2) is 0 Å². The van der Waals surface area contributed by atoms with Gasteiger partial charge >= 0.3 is 0 Å². The van der Waals surface area contributed by atoms with Gasteiger partial charge < -0.3 is 15.0 Å². The third kappa shape index (κ3) is 4.05. The summed E-state index contributed by atoms with van der Waals surface area (Å²) >= 11 is 0. The van der Waals surface area contributed by atoms with Crippen LogP contribution in [0.2, 0.25) is 0 Å². The average Bonchev–Trinajstić information content (AvgIpc) is 2.46. The molecule has 2 rings (SSSR count). The quantitative estimate of drug-likeness (QED) is 0.651. The molecule has 8 nitrogen and oxygen atoms in total. The Morgan fingerprint density at radius 1 is 1.19 bits per heavy atom. The summed E-state index contributed by atoms with van der Waals surface area (Å²) in [6.45, 7) is 2.68. The highest BCUT2D eigenvalue weighted by Crippen LogP contribution is 2.25. The van der Waals surface area contributed by atoms with Crippen LogP contribution in [0.5, 0.6) is 0 Å². The predicted molar refractivity (Wildman–Crippen MR) is 80.4 cm³/mol. The number of nitrogens with one attached hydrogen (secondary N) is 1. The molecule has 2 aliphatic heterocycles. The van der Waals surface area contributed by atoms with Crippen LogP contribution in [0.1, 0.15) is 12.8 Å². The van der Waals surface area contributed by atoms with Crippen molar-refractivity contribution in [2.75, 3.05) is 46.4 Å². The topological polar surface area (TPSA) is 105 Å². The van der Waals surface area contributed by atoms with Gasteiger partial charge in [0.05, 0.1) is 0 Å². The normalized spacial score (nSPS) is 23.4. The molecule has 3 N–H and O–H groups in total. The van der Waals surface area contributed by atoms with Gasteiger partial charge in [0.1, 0.15) is 5.60 Å². The molecule has 0 aromatic carbocycles. The number of nitrogens with two attached hydrogens (primary N) is 1. The molecule has 2 aliphatic rings. The van der Waals surface area contributed by atoms with E-state index in [0.717, 1.165) is 13.1 Å². The number of carbonyl (C=O) groups is 1. The van der Waals surface area contributed by atoms with Gasteiger partial charge in [-0.1, -0.05) is 0 Å². The van der Waals surface area contributed by atoms with Crippen molar-refractivity contribution >= 4 is 28.5 Å². The number of piperidine rings is 1. The summed E-state index contributed by atoms with van der Waals surface area (Å²) in [6.07, 6.45) is 1.27. The van der Waals surface area contributed by atoms with Gasteiger partial charge in [0, 0.05) is 33.3 Å². The fraction of sp³-hybridized carbons (Fsp3) is 0.909. The first kappa shape index (κ1) is 18.6. The highest BCUT2D eigenvalue weighted by Gasteiger charge is 2.43. The molecule has 0 radical (unpaired) electrons. The summed E-state index contributed by atoms with van der Waals surface area (Å²) in [6, 6.07) is 0. The third-order valence-corrected chi connectivity index (χ3v) is 5.16. The molecule has 124 valence electrons. The number of nitrogens with zero attached hydrogens (tertiary/aromatic N) is 2. The molecule has 21 heavy (non-hydrogen) atoms. The second-order valence-corrected chi connectivity index (χ2v) is 6.73. The standard InChI is InChI=1S/C11H22N4O4S.ClH/c1-19-11(2-4-13-5-3-11)10(16)14-6-8-15(9-7-14)20(12,17)18;/h13H,2-9H2,1H3,(H2,12,17,18);1H. The van der Waals surface area contributed by atoms with E-state index in [1.165, 1.54) is 4.31 Å². The lowest BCUT2D eigenvalue weighted by molar-refractivity contribution is -0.159. The average molecular weight is 343 g/mol. The third-order valence-electron chi connectivity index (χ3n) is 4.08. The minimum atomic E-state index is -3.67. The van der Waals surface area contributed by atoms with Crippen molar-refractivity contribution in [3.05, 3.63) is 0 Å². The van der Waals surface area contributed by atoms with Gasteiger partial charge in [-0.2, -0.15) is 12.7 Å². The Bertz CT molecular complexity index is 459. The van der Waals surface area contributed by atoms with Gasteiger partial charge in [-0.25, -0.2) is 5.14 Å². The van der Waals surface area contributed by atoms with E-state index in [-0.39, 0.29) is 31.4 Å². The van der Waals surface area contributed by atoms with Gasteiger partial charge in [0.25, 0.3) is 16.1 Å². The maximum absolute atomic E-state index is 12.6. The fourth-order valence-corrected chi connectivity index (χ4v) is 3.44. The minimum Gasteiger partial charge on any atom is -0.368 e. The molecule has 0 aliphatic carbocycles. The molecule has 0 aromatic rings. The van der Waals surface area contributed by atoms with Crippen molar-refractivity contribution in [1.82, 2.24) is 14.5 Å². The Morgan fingerprint density at radius 2 is 1.71 bits per heavy atom. The number of amides is 1. The highest BCUT2D eigenvalue weighted by molar-refractivity contribution is 7.86. The molecule has 0 spiro atoms. The molecule has 10 heteroatoms. The van der Waals surface area contributed by atoms with E-state index in [0.29, 0.717) is 25.9 Å². The molecule has 2 heterocycles. The summed E-state index contributed by atoms with van der Waals surface area (Å²) in [4.78, 5) is 14.3. The Labute approximate surface area is 131 Å². The predicted octanol–water partition coefficient (Wildman–Crippen LogP) is -1.48. The number of hydrogen-bond acceptors (Lipinski definition) is 5. The molecule has 2 fully saturated rings. The maximum Gasteiger partial charge on any atom is 0.277 e. The van der Waals surface area contributed by atoms with Gasteiger partial charge in [0.2, 0.25) is 0 Å². The Hall–Kier alpha value is -0.450. The number of ether oxygens (including phenoxy) is 1. The monoisotopic (exact) mass is 342 g/mol. The van der Waals surface area contributed by atoms with E-state index in [2.05, 4.69) is 5.32 Å². The summed E-state index contributed by atoms with van der Waals surface area (Å²) in [5, 5.41) is 8.29. The fourth-order valence-electron chi connectivity index (χ4n) is 2.77. The van der Waals surface area contributed by atoms with Crippen LogP contribution < -0.4 is 10.5 Å². The highest BCUT2D eigenvalue weighted by atomic mass is 35.5. The molecule has 2 saturated heterocycles. The number of hydrogen-bond donors (Lipinski definition) is 2. The molecule has 0 unspecified atom stereocenters. The Kier molecular flexibility index (Phi) is 6.38. The molecule has 0 atom stereocenters. The summed E-state index contributed by atoms with van der Waals surface area (Å²) in [7, 11) is -2.11. The second-order valence-electron chi connectivity index (χ2n) is 5.18. The van der Waals surface area contributed by atoms with E-state index in [9.17, 15) is 13.2 Å². The Morgan fingerprint density at radius 3 is 2.14 bits per heavy atom. The van der Waals surface area contributed by atoms with E-state index in [1.54, 1.807) is 12.0 Å². The smallest absolute Gasteiger partial charge is 0.277 e. The molecule has 0 aromatic heterocycles. The number of rotatable bonds is 3. The summed E-state index contributed by atoms with van der Waals surface area (Å²) in [5.74, 6) is -0.0458. The van der Waals surface area contributed by atoms with Gasteiger partial charge in [-0.15, -0.1) is 12.4 Å². The van der Waals surface area contributed by atoms with Crippen LogP contribution in [0.15, 0.2) is 0 Å². The Balaban J connectivity index is 0.00000220. The zero-order valence-electron chi connectivity index (χ0n) is 12.1. The van der Waals surface area contributed by atoms with Crippen molar-refractivity contribution in [2.45, 2.75) is 18.4 Å². The molecule has 0 bridgehead atoms. The van der Waals surface area contributed by atoms with Gasteiger partial charge in [-0.3, -0.25) is 4.79 Å². The SMILES string of the molecule is COC1(C(=O)N2CCN(S(N)(=O)=O)CC2)CCNCC1.Cl. The van der Waals surface area contributed by atoms with Crippen molar-refractivity contribution in [1.29, 1.82) is 0 Å². The van der Waals surface area contributed by atoms with Crippen molar-refractivity contribution in [2.24, 2.45) is 5.14 Å². The van der Waals surface area contributed by atoms with Crippen molar-refractivity contribution in [3.8, 4) is 0 Å². The van der Waals surface area contributed by atoms with Crippen LogP contribution in [-0.4, -0.2) is 75.5 Å². The first-order chi connectivity index (χ1) is 9.39. The lowest BCUT2D eigenvalue weighted by Gasteiger charge is -2.41. The van der Waals surface area contributed by atoms with E-state index < -0.39 is 15.8 Å². The van der Waals surface area contributed by atoms with Crippen molar-refractivity contribution < 1.29 is 17.9 Å². The zero-order valence-corrected chi connectivity index (χ0v) is 13.7. The first-order valence-corrected chi connectivity index (χ1v) is 8.22. The maximum atomic E-state index is 12.6. The van der Waals surface area contributed by atoms with E-state index in [4.69, 9.17) is 9.88 Å². The lowest BCUT2D eigenvalue weighted by Crippen LogP contribution is -2.60. The summed E-state index contributed by atoms with van der Waals surface area (Å²) < 4.78 is 29.2. The zero-order chi connectivity index (χ0) is 14.8. The van der Waals surface area contributed by atoms with Crippen LogP contribution in [0, 0.1) is 0 Å². The van der Waals surface area contributed by atoms with Crippen LogP contribution in [-0.2, 0) is 19.7 Å². The molecular weight excluding hydrogens is 320 g/mol. The van der Waals surface area contributed by atoms with Crippen LogP contribution in [0.25, 0.3) is 0 Å².